The number of hydrogen-bond donors (Lipinski definition) is 1. The third-order valence-electron chi connectivity index (χ3n) is 7.05. The second-order valence-corrected chi connectivity index (χ2v) is 10.2. The smallest absolute Gasteiger partial charge is 0.245 e. The highest BCUT2D eigenvalue weighted by atomic mass is 16.5. The maximum atomic E-state index is 12.1. The van der Waals surface area contributed by atoms with Crippen LogP contribution in [0.15, 0.2) is 73.6 Å². The zero-order valence-electron chi connectivity index (χ0n) is 23.0. The van der Waals surface area contributed by atoms with Crippen LogP contribution in [0.1, 0.15) is 18.5 Å². The van der Waals surface area contributed by atoms with Crippen LogP contribution in [-0.4, -0.2) is 64.0 Å². The second kappa shape index (κ2) is 12.1. The fourth-order valence-electron chi connectivity index (χ4n) is 5.06. The number of amides is 1. The maximum Gasteiger partial charge on any atom is 0.245 e. The fourth-order valence-corrected chi connectivity index (χ4v) is 5.06. The van der Waals surface area contributed by atoms with Crippen LogP contribution in [0.25, 0.3) is 22.2 Å². The van der Waals surface area contributed by atoms with Crippen molar-refractivity contribution in [1.82, 2.24) is 24.3 Å². The number of nitrogens with zero attached hydrogens (tertiary/aromatic N) is 5. The van der Waals surface area contributed by atoms with Crippen LogP contribution in [0.2, 0.25) is 0 Å². The van der Waals surface area contributed by atoms with Gasteiger partial charge < -0.3 is 24.8 Å². The number of rotatable bonds is 8. The van der Waals surface area contributed by atoms with Gasteiger partial charge in [-0.15, -0.1) is 0 Å². The van der Waals surface area contributed by atoms with Crippen LogP contribution < -0.4 is 10.5 Å². The van der Waals surface area contributed by atoms with E-state index < -0.39 is 0 Å². The summed E-state index contributed by atoms with van der Waals surface area (Å²) in [5.74, 6) is 8.90. The van der Waals surface area contributed by atoms with Gasteiger partial charge in [0.15, 0.2) is 0 Å². The number of para-hydroxylation sites is 1. The first kappa shape index (κ1) is 27.0. The lowest BCUT2D eigenvalue weighted by atomic mass is 10.0. The van der Waals surface area contributed by atoms with Crippen molar-refractivity contribution in [1.29, 1.82) is 0 Å². The summed E-state index contributed by atoms with van der Waals surface area (Å²) in [5, 5.41) is 0.795. The SMILES string of the molecule is C=CC(=O)N1CCC(C#Cc2c(-c3ccc(Oc4ccccc4)cc3)c3c(N)ncnc3n2CCCN(C)C)C1. The van der Waals surface area contributed by atoms with Gasteiger partial charge in [0.25, 0.3) is 0 Å². The van der Waals surface area contributed by atoms with E-state index in [0.29, 0.717) is 18.9 Å². The summed E-state index contributed by atoms with van der Waals surface area (Å²) in [4.78, 5) is 25.0. The number of ether oxygens (including phenoxy) is 1. The molecule has 8 nitrogen and oxygen atoms in total. The zero-order chi connectivity index (χ0) is 28.1. The molecule has 4 aromatic rings. The van der Waals surface area contributed by atoms with Gasteiger partial charge in [0, 0.05) is 31.1 Å². The summed E-state index contributed by atoms with van der Waals surface area (Å²) in [6.07, 6.45) is 4.62. The number of hydrogen-bond acceptors (Lipinski definition) is 6. The first-order valence-corrected chi connectivity index (χ1v) is 13.5. The van der Waals surface area contributed by atoms with Gasteiger partial charge >= 0.3 is 0 Å². The molecule has 8 heteroatoms. The summed E-state index contributed by atoms with van der Waals surface area (Å²) in [7, 11) is 4.13. The minimum Gasteiger partial charge on any atom is -0.457 e. The molecular weight excluding hydrogens is 500 g/mol. The Morgan fingerprint density at radius 2 is 1.90 bits per heavy atom. The molecule has 2 aromatic carbocycles. The van der Waals surface area contributed by atoms with E-state index in [9.17, 15) is 4.79 Å². The van der Waals surface area contributed by atoms with Gasteiger partial charge in [-0.25, -0.2) is 9.97 Å². The number of nitrogens with two attached hydrogens (primary N) is 1. The minimum atomic E-state index is -0.0522. The molecule has 1 aliphatic heterocycles. The second-order valence-electron chi connectivity index (χ2n) is 10.2. The topological polar surface area (TPSA) is 89.5 Å². The van der Waals surface area contributed by atoms with Crippen molar-refractivity contribution in [2.45, 2.75) is 19.4 Å². The van der Waals surface area contributed by atoms with Crippen LogP contribution in [-0.2, 0) is 11.3 Å². The number of carbonyl (C=O) groups is 1. The molecule has 1 fully saturated rings. The molecule has 40 heavy (non-hydrogen) atoms. The number of likely N-dealkylation sites (tertiary alicyclic amines) is 1. The molecule has 2 aromatic heterocycles. The third-order valence-corrected chi connectivity index (χ3v) is 7.05. The third kappa shape index (κ3) is 5.85. The average molecular weight is 535 g/mol. The Balaban J connectivity index is 1.57. The number of anilines is 1. The molecule has 0 spiro atoms. The van der Waals surface area contributed by atoms with Gasteiger partial charge in [0.1, 0.15) is 35.0 Å². The Bertz CT molecular complexity index is 1560. The molecular formula is C32H34N6O2. The van der Waals surface area contributed by atoms with E-state index in [0.717, 1.165) is 65.3 Å². The molecule has 204 valence electrons. The van der Waals surface area contributed by atoms with Crippen LogP contribution in [0.4, 0.5) is 5.82 Å². The highest BCUT2D eigenvalue weighted by molar-refractivity contribution is 6.03. The van der Waals surface area contributed by atoms with E-state index >= 15 is 0 Å². The molecule has 1 unspecified atom stereocenters. The van der Waals surface area contributed by atoms with Crippen molar-refractivity contribution in [3.05, 3.63) is 79.3 Å². The highest BCUT2D eigenvalue weighted by Crippen LogP contribution is 2.37. The van der Waals surface area contributed by atoms with Crippen LogP contribution in [0, 0.1) is 17.8 Å². The van der Waals surface area contributed by atoms with Crippen molar-refractivity contribution >= 4 is 22.8 Å². The molecule has 1 saturated heterocycles. The summed E-state index contributed by atoms with van der Waals surface area (Å²) in [5.41, 5.74) is 9.96. The molecule has 3 heterocycles. The lowest BCUT2D eigenvalue weighted by molar-refractivity contribution is -0.125. The molecule has 0 bridgehead atoms. The average Bonchev–Trinajstić information content (AvgIpc) is 3.56. The molecule has 0 saturated carbocycles. The standard InChI is InChI=1S/C32H34N6O2/c1-4-28(39)37-20-17-23(21-37)11-16-27-29(24-12-14-26(15-13-24)40-25-9-6-5-7-10-25)30-31(33)34-22-35-32(30)38(27)19-8-18-36(2)3/h4-7,9-10,12-15,22-23H,1,8,17-21H2,2-3H3,(H2,33,34,35). The molecule has 1 aliphatic rings. The summed E-state index contributed by atoms with van der Waals surface area (Å²) < 4.78 is 8.18. The van der Waals surface area contributed by atoms with E-state index in [4.69, 9.17) is 10.5 Å². The molecule has 1 atom stereocenters. The molecule has 0 aliphatic carbocycles. The minimum absolute atomic E-state index is 0.0522. The Morgan fingerprint density at radius 3 is 2.62 bits per heavy atom. The van der Waals surface area contributed by atoms with Gasteiger partial charge in [-0.3, -0.25) is 4.79 Å². The number of benzene rings is 2. The normalized spacial score (nSPS) is 14.8. The van der Waals surface area contributed by atoms with Crippen molar-refractivity contribution in [3.63, 3.8) is 0 Å². The number of carbonyl (C=O) groups excluding carboxylic acids is 1. The lowest BCUT2D eigenvalue weighted by Gasteiger charge is -2.12. The Hall–Kier alpha value is -4.61. The predicted octanol–water partition coefficient (Wildman–Crippen LogP) is 4.81. The summed E-state index contributed by atoms with van der Waals surface area (Å²) in [6.45, 7) is 6.56. The lowest BCUT2D eigenvalue weighted by Crippen LogP contribution is -2.26. The van der Waals surface area contributed by atoms with Gasteiger partial charge in [-0.2, -0.15) is 0 Å². The van der Waals surface area contributed by atoms with Gasteiger partial charge in [0.05, 0.1) is 5.39 Å². The maximum absolute atomic E-state index is 12.1. The molecule has 5 rings (SSSR count). The van der Waals surface area contributed by atoms with Crippen molar-refractivity contribution in [2.75, 3.05) is 39.5 Å². The Labute approximate surface area is 235 Å². The fraction of sp³-hybridized carbons (Fsp3) is 0.281. The molecule has 2 N–H and O–H groups in total. The molecule has 1 amide bonds. The van der Waals surface area contributed by atoms with Crippen molar-refractivity contribution in [2.24, 2.45) is 5.92 Å². The Morgan fingerprint density at radius 1 is 1.15 bits per heavy atom. The van der Waals surface area contributed by atoms with E-state index in [1.54, 1.807) is 4.90 Å². The number of aromatic nitrogens is 3. The summed E-state index contributed by atoms with van der Waals surface area (Å²) >= 11 is 0. The number of nitrogen functional groups attached to an aromatic ring is 1. The van der Waals surface area contributed by atoms with Gasteiger partial charge in [0.2, 0.25) is 5.91 Å². The summed E-state index contributed by atoms with van der Waals surface area (Å²) in [6, 6.07) is 17.6. The van der Waals surface area contributed by atoms with Crippen LogP contribution in [0.3, 0.4) is 0 Å². The van der Waals surface area contributed by atoms with Gasteiger partial charge in [-0.1, -0.05) is 42.8 Å². The van der Waals surface area contributed by atoms with E-state index in [2.05, 4.69) is 52.0 Å². The predicted molar refractivity (Wildman–Crippen MR) is 159 cm³/mol. The van der Waals surface area contributed by atoms with Crippen molar-refractivity contribution in [3.8, 4) is 34.5 Å². The highest BCUT2D eigenvalue weighted by Gasteiger charge is 2.25. The Kier molecular flexibility index (Phi) is 8.13. The zero-order valence-corrected chi connectivity index (χ0v) is 23.0. The van der Waals surface area contributed by atoms with E-state index in [1.807, 2.05) is 54.6 Å². The quantitative estimate of drug-likeness (QED) is 0.258. The number of fused-ring (bicyclic) bond motifs is 1. The largest absolute Gasteiger partial charge is 0.457 e. The molecule has 0 radical (unpaired) electrons. The van der Waals surface area contributed by atoms with E-state index in [1.165, 1.54) is 12.4 Å². The van der Waals surface area contributed by atoms with Crippen LogP contribution >= 0.6 is 0 Å². The van der Waals surface area contributed by atoms with Gasteiger partial charge in [-0.05, 0) is 75.3 Å². The number of aryl methyl sites for hydroxylation is 1. The van der Waals surface area contributed by atoms with Crippen LogP contribution in [0.5, 0.6) is 11.5 Å². The van der Waals surface area contributed by atoms with E-state index in [-0.39, 0.29) is 11.8 Å². The monoisotopic (exact) mass is 534 g/mol. The first-order valence-electron chi connectivity index (χ1n) is 13.5. The first-order chi connectivity index (χ1) is 19.4. The van der Waals surface area contributed by atoms with Crippen molar-refractivity contribution < 1.29 is 9.53 Å².